The minimum absolute atomic E-state index is 0.286. The predicted molar refractivity (Wildman–Crippen MR) is 80.4 cm³/mol. The number of carbonyl (C=O) groups is 1. The van der Waals surface area contributed by atoms with E-state index in [2.05, 4.69) is 22.5 Å². The number of carbonyl (C=O) groups excluding carboxylic acids is 1. The number of H-pyrrole nitrogens is 1. The molecule has 0 aliphatic carbocycles. The fraction of sp³-hybridized carbons (Fsp3) is 0.375. The van der Waals surface area contributed by atoms with Crippen molar-refractivity contribution in [2.45, 2.75) is 33.7 Å². The van der Waals surface area contributed by atoms with Gasteiger partial charge in [0.15, 0.2) is 0 Å². The number of aromatic amines is 1. The van der Waals surface area contributed by atoms with Crippen molar-refractivity contribution in [2.75, 3.05) is 6.61 Å². The highest BCUT2D eigenvalue weighted by Gasteiger charge is 2.29. The van der Waals surface area contributed by atoms with Gasteiger partial charge in [-0.05, 0) is 32.4 Å². The summed E-state index contributed by atoms with van der Waals surface area (Å²) in [4.78, 5) is 15.6. The van der Waals surface area contributed by atoms with Gasteiger partial charge in [-0.2, -0.15) is 4.40 Å². The first kappa shape index (κ1) is 13.7. The maximum Gasteiger partial charge on any atom is 0.374 e. The molecule has 0 atom stereocenters. The maximum absolute atomic E-state index is 12.3. The Hall–Kier alpha value is -2.30. The number of benzene rings is 1. The lowest BCUT2D eigenvalue weighted by Crippen LogP contribution is -2.33. The molecule has 0 bridgehead atoms. The number of nitrogens with one attached hydrogen (secondary N) is 1. The zero-order chi connectivity index (χ0) is 15.0. The molecule has 1 aromatic carbocycles. The molecule has 0 unspecified atom stereocenters. The standard InChI is InChI=1S/C16H19N3O2/c1-4-10-18-12-8-6-7-9-13(12)19-14(15(20)21-5-2)11(3)17-16(18)19/h6-9H,4-5,10H2,1-3H3/p+1. The first-order valence-electron chi connectivity index (χ1n) is 7.37. The Morgan fingerprint density at radius 3 is 2.81 bits per heavy atom. The first-order valence-corrected chi connectivity index (χ1v) is 7.37. The molecular weight excluding hydrogens is 266 g/mol. The summed E-state index contributed by atoms with van der Waals surface area (Å²) in [6.45, 7) is 7.15. The Bertz CT molecular complexity index is 814. The van der Waals surface area contributed by atoms with E-state index in [9.17, 15) is 4.79 Å². The number of hydrogen-bond donors (Lipinski definition) is 1. The van der Waals surface area contributed by atoms with Crippen LogP contribution in [0.3, 0.4) is 0 Å². The van der Waals surface area contributed by atoms with Crippen LogP contribution in [-0.4, -0.2) is 22.0 Å². The predicted octanol–water partition coefficient (Wildman–Crippen LogP) is 2.60. The molecular formula is C16H20N3O2+. The molecule has 21 heavy (non-hydrogen) atoms. The van der Waals surface area contributed by atoms with E-state index in [1.807, 2.05) is 36.4 Å². The number of aryl methyl sites for hydroxylation is 2. The minimum Gasteiger partial charge on any atom is -0.460 e. The van der Waals surface area contributed by atoms with E-state index in [-0.39, 0.29) is 5.97 Å². The van der Waals surface area contributed by atoms with Crippen LogP contribution in [0.15, 0.2) is 24.3 Å². The van der Waals surface area contributed by atoms with Gasteiger partial charge in [0.2, 0.25) is 5.69 Å². The molecule has 0 saturated carbocycles. The number of aromatic nitrogens is 3. The summed E-state index contributed by atoms with van der Waals surface area (Å²) in [7, 11) is 0. The second-order valence-electron chi connectivity index (χ2n) is 5.12. The largest absolute Gasteiger partial charge is 0.460 e. The smallest absolute Gasteiger partial charge is 0.374 e. The summed E-state index contributed by atoms with van der Waals surface area (Å²) in [5.41, 5.74) is 3.56. The average molecular weight is 286 g/mol. The molecule has 0 saturated heterocycles. The van der Waals surface area contributed by atoms with Gasteiger partial charge < -0.3 is 4.74 Å². The normalized spacial score (nSPS) is 11.4. The molecule has 3 rings (SSSR count). The van der Waals surface area contributed by atoms with E-state index in [1.54, 1.807) is 0 Å². The number of nitrogens with zero attached hydrogens (tertiary/aromatic N) is 2. The molecule has 2 heterocycles. The lowest BCUT2D eigenvalue weighted by Gasteiger charge is -1.98. The van der Waals surface area contributed by atoms with Gasteiger partial charge in [0.25, 0.3) is 0 Å². The number of ether oxygens (including phenoxy) is 1. The summed E-state index contributed by atoms with van der Waals surface area (Å²) in [5.74, 6) is 0.643. The average Bonchev–Trinajstić information content (AvgIpc) is 2.95. The van der Waals surface area contributed by atoms with Crippen LogP contribution in [0.4, 0.5) is 0 Å². The number of imidazole rings is 2. The molecule has 1 N–H and O–H groups in total. The summed E-state index contributed by atoms with van der Waals surface area (Å²) in [6.07, 6.45) is 1.03. The molecule has 5 nitrogen and oxygen atoms in total. The molecule has 5 heteroatoms. The van der Waals surface area contributed by atoms with Gasteiger partial charge >= 0.3 is 11.7 Å². The molecule has 110 valence electrons. The maximum atomic E-state index is 12.3. The summed E-state index contributed by atoms with van der Waals surface area (Å²) in [6, 6.07) is 8.12. The SMILES string of the molecule is CCC[n+]1c2ccccc2n2c(C(=O)OCC)c(C)[nH]c21. The van der Waals surface area contributed by atoms with Crippen molar-refractivity contribution in [3.05, 3.63) is 35.7 Å². The monoisotopic (exact) mass is 286 g/mol. The Balaban J connectivity index is 2.37. The number of para-hydroxylation sites is 2. The van der Waals surface area contributed by atoms with Crippen molar-refractivity contribution >= 4 is 22.8 Å². The topological polar surface area (TPSA) is 50.4 Å². The van der Waals surface area contributed by atoms with Gasteiger partial charge in [0.1, 0.15) is 16.7 Å². The molecule has 3 aromatic rings. The van der Waals surface area contributed by atoms with E-state index in [1.165, 1.54) is 0 Å². The zero-order valence-corrected chi connectivity index (χ0v) is 12.6. The number of esters is 1. The molecule has 0 radical (unpaired) electrons. The molecule has 0 aliphatic heterocycles. The van der Waals surface area contributed by atoms with Crippen LogP contribution in [0.2, 0.25) is 0 Å². The van der Waals surface area contributed by atoms with Gasteiger partial charge in [-0.1, -0.05) is 19.1 Å². The third-order valence-electron chi connectivity index (χ3n) is 3.68. The lowest BCUT2D eigenvalue weighted by atomic mass is 10.3. The van der Waals surface area contributed by atoms with Crippen LogP contribution < -0.4 is 4.57 Å². The van der Waals surface area contributed by atoms with Gasteiger partial charge in [0, 0.05) is 0 Å². The fourth-order valence-electron chi connectivity index (χ4n) is 2.87. The Morgan fingerprint density at radius 2 is 2.10 bits per heavy atom. The van der Waals surface area contributed by atoms with Crippen molar-refractivity contribution in [3.63, 3.8) is 0 Å². The Labute approximate surface area is 123 Å². The second kappa shape index (κ2) is 5.24. The Morgan fingerprint density at radius 1 is 1.33 bits per heavy atom. The van der Waals surface area contributed by atoms with Crippen LogP contribution in [-0.2, 0) is 11.3 Å². The van der Waals surface area contributed by atoms with Crippen molar-refractivity contribution in [2.24, 2.45) is 0 Å². The molecule has 2 aromatic heterocycles. The highest BCUT2D eigenvalue weighted by atomic mass is 16.5. The van der Waals surface area contributed by atoms with E-state index in [4.69, 9.17) is 4.74 Å². The Kier molecular flexibility index (Phi) is 3.41. The summed E-state index contributed by atoms with van der Waals surface area (Å²) >= 11 is 0. The van der Waals surface area contributed by atoms with Crippen molar-refractivity contribution in [3.8, 4) is 0 Å². The highest BCUT2D eigenvalue weighted by Crippen LogP contribution is 2.20. The number of hydrogen-bond acceptors (Lipinski definition) is 2. The van der Waals surface area contributed by atoms with Gasteiger partial charge in [-0.3, -0.25) is 0 Å². The van der Waals surface area contributed by atoms with Gasteiger partial charge in [0.05, 0.1) is 13.2 Å². The van der Waals surface area contributed by atoms with Gasteiger partial charge in [-0.15, -0.1) is 0 Å². The molecule has 0 aliphatic rings. The van der Waals surface area contributed by atoms with Crippen LogP contribution >= 0.6 is 0 Å². The van der Waals surface area contributed by atoms with Crippen LogP contribution in [0.1, 0.15) is 36.5 Å². The number of rotatable bonds is 4. The van der Waals surface area contributed by atoms with Crippen LogP contribution in [0, 0.1) is 6.92 Å². The van der Waals surface area contributed by atoms with Crippen molar-refractivity contribution in [1.29, 1.82) is 0 Å². The molecule has 0 amide bonds. The van der Waals surface area contributed by atoms with E-state index >= 15 is 0 Å². The van der Waals surface area contributed by atoms with Crippen molar-refractivity contribution < 1.29 is 14.1 Å². The second-order valence-corrected chi connectivity index (χ2v) is 5.12. The number of fused-ring (bicyclic) bond motifs is 3. The summed E-state index contributed by atoms with van der Waals surface area (Å²) in [5, 5.41) is 0. The van der Waals surface area contributed by atoms with E-state index in [0.717, 1.165) is 35.5 Å². The third-order valence-corrected chi connectivity index (χ3v) is 3.68. The van der Waals surface area contributed by atoms with Crippen molar-refractivity contribution in [1.82, 2.24) is 9.38 Å². The summed E-state index contributed by atoms with van der Waals surface area (Å²) < 4.78 is 9.39. The highest BCUT2D eigenvalue weighted by molar-refractivity contribution is 5.92. The zero-order valence-electron chi connectivity index (χ0n) is 12.6. The van der Waals surface area contributed by atoms with Gasteiger partial charge in [-0.25, -0.2) is 14.3 Å². The van der Waals surface area contributed by atoms with E-state index < -0.39 is 0 Å². The molecule has 0 spiro atoms. The third kappa shape index (κ3) is 2.00. The first-order chi connectivity index (χ1) is 10.2. The van der Waals surface area contributed by atoms with Crippen LogP contribution in [0.5, 0.6) is 0 Å². The quantitative estimate of drug-likeness (QED) is 0.592. The minimum atomic E-state index is -0.286. The van der Waals surface area contributed by atoms with E-state index in [0.29, 0.717) is 12.3 Å². The molecule has 0 fully saturated rings. The lowest BCUT2D eigenvalue weighted by molar-refractivity contribution is -0.647. The fourth-order valence-corrected chi connectivity index (χ4v) is 2.87. The van der Waals surface area contributed by atoms with Crippen LogP contribution in [0.25, 0.3) is 16.8 Å².